The second-order valence-corrected chi connectivity index (χ2v) is 3.86. The van der Waals surface area contributed by atoms with E-state index in [4.69, 9.17) is 12.2 Å². The lowest BCUT2D eigenvalue weighted by molar-refractivity contribution is 0.357. The first kappa shape index (κ1) is 12.7. The van der Waals surface area contributed by atoms with E-state index < -0.39 is 0 Å². The number of hydrogen-bond acceptors (Lipinski definition) is 2. The first-order chi connectivity index (χ1) is 6.06. The predicted octanol–water partition coefficient (Wildman–Crippen LogP) is 0.811. The van der Waals surface area contributed by atoms with Gasteiger partial charge in [-0.25, -0.2) is 0 Å². The average Bonchev–Trinajstić information content (AvgIpc) is 2.02. The van der Waals surface area contributed by atoms with E-state index in [9.17, 15) is 0 Å². The van der Waals surface area contributed by atoms with E-state index >= 15 is 0 Å². The molecule has 0 aliphatic carbocycles. The van der Waals surface area contributed by atoms with Crippen molar-refractivity contribution in [1.29, 1.82) is 0 Å². The lowest BCUT2D eigenvalue weighted by Crippen LogP contribution is -2.42. The lowest BCUT2D eigenvalue weighted by Gasteiger charge is -2.16. The highest BCUT2D eigenvalue weighted by Gasteiger charge is 1.98. The van der Waals surface area contributed by atoms with Gasteiger partial charge in [0.1, 0.15) is 0 Å². The molecular weight excluding hydrogens is 182 g/mol. The molecule has 0 aromatic carbocycles. The molecule has 2 N–H and O–H groups in total. The molecule has 0 aliphatic heterocycles. The Bertz CT molecular complexity index is 148. The minimum atomic E-state index is 0.406. The molecule has 0 rings (SSSR count). The number of likely N-dealkylation sites (N-methyl/N-ethyl adjacent to an activating group) is 1. The highest BCUT2D eigenvalue weighted by molar-refractivity contribution is 7.80. The third kappa shape index (κ3) is 7.99. The molecule has 0 atom stereocenters. The Kier molecular flexibility index (Phi) is 6.90. The molecule has 0 aliphatic rings. The predicted molar refractivity (Wildman–Crippen MR) is 62.0 cm³/mol. The normalized spacial score (nSPS) is 10.6. The summed E-state index contributed by atoms with van der Waals surface area (Å²) in [5.74, 6) is 0. The van der Waals surface area contributed by atoms with Gasteiger partial charge in [0.2, 0.25) is 0 Å². The molecule has 0 aromatic rings. The molecule has 0 saturated heterocycles. The Balaban J connectivity index is 3.37. The standard InChI is InChI=1S/C9H21N3S/c1-5-12(4)7-6-10-9(13)11-8(2)3/h8H,5-7H2,1-4H3,(H2,10,11,13). The quantitative estimate of drug-likeness (QED) is 0.647. The van der Waals surface area contributed by atoms with Gasteiger partial charge in [0.15, 0.2) is 5.11 Å². The van der Waals surface area contributed by atoms with Crippen LogP contribution in [0, 0.1) is 0 Å². The Morgan fingerprint density at radius 2 is 2.08 bits per heavy atom. The van der Waals surface area contributed by atoms with Gasteiger partial charge < -0.3 is 15.5 Å². The SMILES string of the molecule is CCN(C)CCNC(=S)NC(C)C. The zero-order chi connectivity index (χ0) is 10.3. The molecule has 0 amide bonds. The van der Waals surface area contributed by atoms with E-state index in [0.29, 0.717) is 6.04 Å². The fourth-order valence-corrected chi connectivity index (χ4v) is 1.17. The van der Waals surface area contributed by atoms with Crippen molar-refractivity contribution in [3.63, 3.8) is 0 Å². The van der Waals surface area contributed by atoms with Crippen molar-refractivity contribution in [3.8, 4) is 0 Å². The molecule has 0 fully saturated rings. The summed E-state index contributed by atoms with van der Waals surface area (Å²) in [4.78, 5) is 2.24. The topological polar surface area (TPSA) is 27.3 Å². The fraction of sp³-hybridized carbons (Fsp3) is 0.889. The van der Waals surface area contributed by atoms with Gasteiger partial charge in [0.25, 0.3) is 0 Å². The zero-order valence-electron chi connectivity index (χ0n) is 9.05. The molecule has 0 bridgehead atoms. The maximum Gasteiger partial charge on any atom is 0.166 e. The smallest absolute Gasteiger partial charge is 0.166 e. The molecule has 3 nitrogen and oxygen atoms in total. The maximum atomic E-state index is 5.08. The van der Waals surface area contributed by atoms with E-state index in [0.717, 1.165) is 24.7 Å². The van der Waals surface area contributed by atoms with Crippen LogP contribution in [-0.2, 0) is 0 Å². The molecule has 0 heterocycles. The van der Waals surface area contributed by atoms with Crippen LogP contribution in [0.1, 0.15) is 20.8 Å². The van der Waals surface area contributed by atoms with Crippen molar-refractivity contribution < 1.29 is 0 Å². The number of nitrogens with zero attached hydrogens (tertiary/aromatic N) is 1. The van der Waals surface area contributed by atoms with Crippen LogP contribution in [0.15, 0.2) is 0 Å². The molecule has 0 radical (unpaired) electrons. The van der Waals surface area contributed by atoms with Crippen molar-refractivity contribution in [3.05, 3.63) is 0 Å². The second-order valence-electron chi connectivity index (χ2n) is 3.45. The summed E-state index contributed by atoms with van der Waals surface area (Å²) in [5.41, 5.74) is 0. The highest BCUT2D eigenvalue weighted by Crippen LogP contribution is 1.79. The summed E-state index contributed by atoms with van der Waals surface area (Å²) in [6.07, 6.45) is 0. The van der Waals surface area contributed by atoms with Crippen LogP contribution >= 0.6 is 12.2 Å². The lowest BCUT2D eigenvalue weighted by atomic mass is 10.4. The van der Waals surface area contributed by atoms with Crippen LogP contribution in [0.25, 0.3) is 0 Å². The van der Waals surface area contributed by atoms with Crippen molar-refractivity contribution in [2.75, 3.05) is 26.7 Å². The average molecular weight is 203 g/mol. The van der Waals surface area contributed by atoms with E-state index in [-0.39, 0.29) is 0 Å². The van der Waals surface area contributed by atoms with Gasteiger partial charge in [0, 0.05) is 19.1 Å². The maximum absolute atomic E-state index is 5.08. The molecule has 13 heavy (non-hydrogen) atoms. The summed E-state index contributed by atoms with van der Waals surface area (Å²) in [6.45, 7) is 9.30. The van der Waals surface area contributed by atoms with E-state index in [1.807, 2.05) is 0 Å². The third-order valence-corrected chi connectivity index (χ3v) is 2.00. The fourth-order valence-electron chi connectivity index (χ4n) is 0.832. The summed E-state index contributed by atoms with van der Waals surface area (Å²) in [7, 11) is 2.10. The van der Waals surface area contributed by atoms with Crippen LogP contribution in [0.2, 0.25) is 0 Å². The Labute approximate surface area is 86.9 Å². The van der Waals surface area contributed by atoms with Gasteiger partial charge in [-0.1, -0.05) is 6.92 Å². The summed E-state index contributed by atoms with van der Waals surface area (Å²) in [5, 5.41) is 7.04. The van der Waals surface area contributed by atoms with Crippen molar-refractivity contribution in [2.24, 2.45) is 0 Å². The zero-order valence-corrected chi connectivity index (χ0v) is 9.87. The first-order valence-corrected chi connectivity index (χ1v) is 5.20. The summed E-state index contributed by atoms with van der Waals surface area (Å²) >= 11 is 5.08. The van der Waals surface area contributed by atoms with Gasteiger partial charge in [0.05, 0.1) is 0 Å². The van der Waals surface area contributed by atoms with Gasteiger partial charge in [-0.15, -0.1) is 0 Å². The second kappa shape index (κ2) is 7.09. The number of nitrogens with one attached hydrogen (secondary N) is 2. The van der Waals surface area contributed by atoms with E-state index in [1.165, 1.54) is 0 Å². The van der Waals surface area contributed by atoms with Gasteiger partial charge >= 0.3 is 0 Å². The molecule has 4 heteroatoms. The van der Waals surface area contributed by atoms with Gasteiger partial charge in [-0.2, -0.15) is 0 Å². The molecule has 0 aromatic heterocycles. The van der Waals surface area contributed by atoms with Crippen LogP contribution in [0.4, 0.5) is 0 Å². The minimum absolute atomic E-state index is 0.406. The number of rotatable bonds is 5. The molecular formula is C9H21N3S. The summed E-state index contributed by atoms with van der Waals surface area (Å²) in [6, 6.07) is 0.406. The third-order valence-electron chi connectivity index (χ3n) is 1.74. The van der Waals surface area contributed by atoms with Gasteiger partial charge in [-0.05, 0) is 39.7 Å². The molecule has 0 spiro atoms. The molecule has 0 saturated carbocycles. The van der Waals surface area contributed by atoms with Crippen LogP contribution < -0.4 is 10.6 Å². The monoisotopic (exact) mass is 203 g/mol. The Hall–Kier alpha value is -0.350. The van der Waals surface area contributed by atoms with E-state index in [1.54, 1.807) is 0 Å². The first-order valence-electron chi connectivity index (χ1n) is 4.79. The van der Waals surface area contributed by atoms with Crippen molar-refractivity contribution in [1.82, 2.24) is 15.5 Å². The summed E-state index contributed by atoms with van der Waals surface area (Å²) < 4.78 is 0. The van der Waals surface area contributed by atoms with Crippen molar-refractivity contribution in [2.45, 2.75) is 26.8 Å². The Morgan fingerprint density at radius 3 is 2.54 bits per heavy atom. The van der Waals surface area contributed by atoms with Gasteiger partial charge in [-0.3, -0.25) is 0 Å². The van der Waals surface area contributed by atoms with Crippen molar-refractivity contribution >= 4 is 17.3 Å². The number of thiocarbonyl (C=S) groups is 1. The molecule has 78 valence electrons. The minimum Gasteiger partial charge on any atom is -0.361 e. The van der Waals surface area contributed by atoms with Crippen LogP contribution in [-0.4, -0.2) is 42.7 Å². The highest BCUT2D eigenvalue weighted by atomic mass is 32.1. The van der Waals surface area contributed by atoms with Crippen LogP contribution in [0.3, 0.4) is 0 Å². The molecule has 0 unspecified atom stereocenters. The Morgan fingerprint density at radius 1 is 1.46 bits per heavy atom. The largest absolute Gasteiger partial charge is 0.361 e. The van der Waals surface area contributed by atoms with Crippen LogP contribution in [0.5, 0.6) is 0 Å². The van der Waals surface area contributed by atoms with E-state index in [2.05, 4.69) is 43.4 Å². The number of hydrogen-bond donors (Lipinski definition) is 2.